The van der Waals surface area contributed by atoms with E-state index in [4.69, 9.17) is 0 Å². The molecule has 0 atom stereocenters. The van der Waals surface area contributed by atoms with Gasteiger partial charge in [-0.2, -0.15) is 0 Å². The summed E-state index contributed by atoms with van der Waals surface area (Å²) in [7, 11) is 0. The summed E-state index contributed by atoms with van der Waals surface area (Å²) in [6, 6.07) is 57.9. The fourth-order valence-electron chi connectivity index (χ4n) is 8.22. The monoisotopic (exact) mass is 618 g/mol. The molecule has 0 aliphatic carbocycles. The molecular weight excluding hydrogens is 581 g/mol. The fourth-order valence-corrected chi connectivity index (χ4v) is 8.22. The topological polar surface area (TPSA) is 6.48 Å². The lowest BCUT2D eigenvalue weighted by molar-refractivity contribution is 0.597. The Labute approximate surface area is 283 Å². The van der Waals surface area contributed by atoms with Crippen LogP contribution in [0.15, 0.2) is 158 Å². The predicted molar refractivity (Wildman–Crippen MR) is 203 cm³/mol. The molecule has 48 heavy (non-hydrogen) atoms. The molecule has 0 saturated carbocycles. The third kappa shape index (κ3) is 4.19. The van der Waals surface area contributed by atoms with Gasteiger partial charge in [-0.15, -0.1) is 0 Å². The van der Waals surface area contributed by atoms with Crippen molar-refractivity contribution >= 4 is 44.9 Å². The molecule has 0 fully saturated rings. The highest BCUT2D eigenvalue weighted by atomic mass is 15.2. The number of para-hydroxylation sites is 4. The molecule has 2 heterocycles. The summed E-state index contributed by atoms with van der Waals surface area (Å²) in [6.07, 6.45) is 0. The third-order valence-electron chi connectivity index (χ3n) is 10.8. The molecule has 2 aliphatic heterocycles. The van der Waals surface area contributed by atoms with Gasteiger partial charge in [0.05, 0.1) is 17.1 Å². The first kappa shape index (κ1) is 28.6. The molecule has 2 nitrogen and oxygen atoms in total. The lowest BCUT2D eigenvalue weighted by atomic mass is 9.66. The molecule has 9 rings (SSSR count). The van der Waals surface area contributed by atoms with Crippen molar-refractivity contribution in [3.63, 3.8) is 0 Å². The number of fused-ring (bicyclic) bond motifs is 5. The van der Waals surface area contributed by atoms with Crippen LogP contribution < -0.4 is 9.80 Å². The van der Waals surface area contributed by atoms with E-state index < -0.39 is 0 Å². The van der Waals surface area contributed by atoms with Crippen molar-refractivity contribution in [1.29, 1.82) is 0 Å². The van der Waals surface area contributed by atoms with Gasteiger partial charge in [-0.25, -0.2) is 0 Å². The Kier molecular flexibility index (Phi) is 6.23. The summed E-state index contributed by atoms with van der Waals surface area (Å²) < 4.78 is 0. The van der Waals surface area contributed by atoms with Crippen molar-refractivity contribution in [2.24, 2.45) is 0 Å². The molecule has 7 aromatic carbocycles. The second kappa shape index (κ2) is 10.5. The largest absolute Gasteiger partial charge is 0.310 e. The molecule has 0 spiro atoms. The molecule has 0 N–H and O–H groups in total. The van der Waals surface area contributed by atoms with Crippen LogP contribution in [0.2, 0.25) is 0 Å². The fraction of sp³-hybridized carbons (Fsp3) is 0.130. The van der Waals surface area contributed by atoms with Crippen molar-refractivity contribution in [3.05, 3.63) is 180 Å². The van der Waals surface area contributed by atoms with Crippen molar-refractivity contribution in [2.45, 2.75) is 38.5 Å². The molecular formula is C46H38N2. The molecule has 2 aliphatic rings. The van der Waals surface area contributed by atoms with Gasteiger partial charge < -0.3 is 9.80 Å². The average molecular weight is 619 g/mol. The summed E-state index contributed by atoms with van der Waals surface area (Å²) in [5.41, 5.74) is 15.1. The number of nitrogens with zero attached hydrogens (tertiary/aromatic N) is 2. The highest BCUT2D eigenvalue weighted by Crippen LogP contribution is 2.60. The van der Waals surface area contributed by atoms with Gasteiger partial charge in [0.15, 0.2) is 0 Å². The molecule has 0 bridgehead atoms. The van der Waals surface area contributed by atoms with Gasteiger partial charge in [0.1, 0.15) is 0 Å². The lowest BCUT2D eigenvalue weighted by Crippen LogP contribution is -2.38. The standard InChI is InChI=1S/C46H38N2/c1-45(2)38-18-11-12-21-42(38)48-43-27-25-34(30-41(43)46(3,4)40-20-13-19-39(45)44(40)48)31-22-23-33-29-37(26-24-32(33)28-31)47(35-14-7-5-8-15-35)36-16-9-6-10-17-36/h5-30H,1-4H3. The average Bonchev–Trinajstić information content (AvgIpc) is 3.12. The Morgan fingerprint density at radius 3 is 1.62 bits per heavy atom. The van der Waals surface area contributed by atoms with E-state index in [1.54, 1.807) is 0 Å². The Hall–Kier alpha value is -5.60. The van der Waals surface area contributed by atoms with E-state index in [1.165, 1.54) is 61.2 Å². The number of hydrogen-bond donors (Lipinski definition) is 0. The first-order valence-corrected chi connectivity index (χ1v) is 16.9. The number of benzene rings is 7. The van der Waals surface area contributed by atoms with E-state index in [-0.39, 0.29) is 10.8 Å². The molecule has 0 saturated heterocycles. The van der Waals surface area contributed by atoms with Gasteiger partial charge in [-0.3, -0.25) is 0 Å². The summed E-state index contributed by atoms with van der Waals surface area (Å²) in [5.74, 6) is 0. The Balaban J connectivity index is 1.14. The quantitative estimate of drug-likeness (QED) is 0.194. The summed E-state index contributed by atoms with van der Waals surface area (Å²) in [6.45, 7) is 9.52. The molecule has 0 amide bonds. The minimum absolute atomic E-state index is 0.0733. The normalized spacial score (nSPS) is 15.0. The van der Waals surface area contributed by atoms with Crippen molar-refractivity contribution in [3.8, 4) is 11.1 Å². The zero-order chi connectivity index (χ0) is 32.6. The van der Waals surface area contributed by atoms with Crippen LogP contribution in [0.4, 0.5) is 34.1 Å². The molecule has 2 heteroatoms. The number of hydrogen-bond acceptors (Lipinski definition) is 2. The lowest BCUT2D eigenvalue weighted by Gasteiger charge is -2.49. The van der Waals surface area contributed by atoms with Crippen molar-refractivity contribution in [1.82, 2.24) is 0 Å². The Morgan fingerprint density at radius 2 is 0.917 bits per heavy atom. The maximum absolute atomic E-state index is 2.53. The number of anilines is 6. The third-order valence-corrected chi connectivity index (χ3v) is 10.8. The molecule has 7 aromatic rings. The van der Waals surface area contributed by atoms with E-state index in [2.05, 4.69) is 195 Å². The van der Waals surface area contributed by atoms with E-state index in [9.17, 15) is 0 Å². The predicted octanol–water partition coefficient (Wildman–Crippen LogP) is 12.7. The van der Waals surface area contributed by atoms with E-state index in [0.717, 1.165) is 17.1 Å². The molecule has 0 unspecified atom stereocenters. The molecule has 232 valence electrons. The second-order valence-corrected chi connectivity index (χ2v) is 14.3. The summed E-state index contributed by atoms with van der Waals surface area (Å²) >= 11 is 0. The van der Waals surface area contributed by atoms with E-state index in [0.29, 0.717) is 0 Å². The minimum Gasteiger partial charge on any atom is -0.310 e. The Morgan fingerprint density at radius 1 is 0.396 bits per heavy atom. The van der Waals surface area contributed by atoms with Crippen molar-refractivity contribution < 1.29 is 0 Å². The summed E-state index contributed by atoms with van der Waals surface area (Å²) in [5, 5.41) is 2.46. The number of rotatable bonds is 4. The minimum atomic E-state index is -0.153. The molecule has 0 aromatic heterocycles. The van der Waals surface area contributed by atoms with Gasteiger partial charge >= 0.3 is 0 Å². The van der Waals surface area contributed by atoms with Gasteiger partial charge in [-0.05, 0) is 105 Å². The van der Waals surface area contributed by atoms with Crippen LogP contribution >= 0.6 is 0 Å². The van der Waals surface area contributed by atoms with Crippen LogP contribution in [0.5, 0.6) is 0 Å². The summed E-state index contributed by atoms with van der Waals surface area (Å²) in [4.78, 5) is 4.85. The van der Waals surface area contributed by atoms with Gasteiger partial charge in [0, 0.05) is 27.9 Å². The van der Waals surface area contributed by atoms with Crippen molar-refractivity contribution in [2.75, 3.05) is 9.80 Å². The first-order chi connectivity index (χ1) is 23.3. The van der Waals surface area contributed by atoms with Crippen LogP contribution in [0, 0.1) is 0 Å². The van der Waals surface area contributed by atoms with Crippen LogP contribution in [0.25, 0.3) is 21.9 Å². The maximum atomic E-state index is 2.53. The van der Waals surface area contributed by atoms with Gasteiger partial charge in [0.25, 0.3) is 0 Å². The molecule has 0 radical (unpaired) electrons. The highest BCUT2D eigenvalue weighted by Gasteiger charge is 2.45. The second-order valence-electron chi connectivity index (χ2n) is 14.3. The van der Waals surface area contributed by atoms with Crippen LogP contribution in [0.1, 0.15) is 49.9 Å². The SMILES string of the molecule is CC1(C)c2ccccc2N2c3ccc(-c4ccc5cc(N(c6ccccc6)c6ccccc6)ccc5c4)cc3C(C)(C)c3cccc1c32. The first-order valence-electron chi connectivity index (χ1n) is 16.9. The van der Waals surface area contributed by atoms with E-state index >= 15 is 0 Å². The highest BCUT2D eigenvalue weighted by molar-refractivity contribution is 5.95. The van der Waals surface area contributed by atoms with Crippen LogP contribution in [0.3, 0.4) is 0 Å². The van der Waals surface area contributed by atoms with E-state index in [1.807, 2.05) is 0 Å². The smallest absolute Gasteiger partial charge is 0.0543 e. The Bertz CT molecular complexity index is 2310. The van der Waals surface area contributed by atoms with Crippen LogP contribution in [-0.4, -0.2) is 0 Å². The zero-order valence-electron chi connectivity index (χ0n) is 27.9. The zero-order valence-corrected chi connectivity index (χ0v) is 27.9. The van der Waals surface area contributed by atoms with Crippen LogP contribution in [-0.2, 0) is 10.8 Å². The van der Waals surface area contributed by atoms with Gasteiger partial charge in [-0.1, -0.05) is 125 Å². The van der Waals surface area contributed by atoms with Gasteiger partial charge in [0.2, 0.25) is 0 Å². The maximum Gasteiger partial charge on any atom is 0.0543 e.